The van der Waals surface area contributed by atoms with Crippen molar-refractivity contribution in [2.75, 3.05) is 13.2 Å². The van der Waals surface area contributed by atoms with Crippen LogP contribution in [-0.2, 0) is 11.3 Å². The predicted molar refractivity (Wildman–Crippen MR) is 46.4 cm³/mol. The van der Waals surface area contributed by atoms with E-state index in [1.54, 1.807) is 0 Å². The number of aromatic nitrogens is 2. The van der Waals surface area contributed by atoms with Gasteiger partial charge in [-0.25, -0.2) is 0 Å². The van der Waals surface area contributed by atoms with E-state index in [0.717, 1.165) is 24.4 Å². The first-order chi connectivity index (χ1) is 5.33. The van der Waals surface area contributed by atoms with Crippen LogP contribution in [0.15, 0.2) is 16.9 Å². The van der Waals surface area contributed by atoms with Gasteiger partial charge in [-0.3, -0.25) is 4.68 Å². The van der Waals surface area contributed by atoms with E-state index in [0.29, 0.717) is 0 Å². The van der Waals surface area contributed by atoms with Crippen LogP contribution in [0.25, 0.3) is 0 Å². The molecule has 11 heavy (non-hydrogen) atoms. The molecule has 0 saturated heterocycles. The molecule has 1 rings (SSSR count). The molecular formula is C7H11BrN2O. The van der Waals surface area contributed by atoms with Crippen molar-refractivity contribution >= 4 is 15.9 Å². The lowest BCUT2D eigenvalue weighted by atomic mass is 10.6. The number of hydrogen-bond donors (Lipinski definition) is 0. The summed E-state index contributed by atoms with van der Waals surface area (Å²) in [5.41, 5.74) is 0. The Labute approximate surface area is 74.5 Å². The quantitative estimate of drug-likeness (QED) is 0.720. The Balaban J connectivity index is 2.27. The highest BCUT2D eigenvalue weighted by Gasteiger charge is 1.93. The van der Waals surface area contributed by atoms with Gasteiger partial charge in [-0.15, -0.1) is 0 Å². The van der Waals surface area contributed by atoms with E-state index in [2.05, 4.69) is 21.0 Å². The monoisotopic (exact) mass is 218 g/mol. The Hall–Kier alpha value is -0.350. The lowest BCUT2D eigenvalue weighted by Crippen LogP contribution is -2.05. The highest BCUT2D eigenvalue weighted by Crippen LogP contribution is 2.03. The third kappa shape index (κ3) is 3.03. The van der Waals surface area contributed by atoms with Crippen molar-refractivity contribution in [3.63, 3.8) is 0 Å². The van der Waals surface area contributed by atoms with Crippen molar-refractivity contribution in [3.8, 4) is 0 Å². The first kappa shape index (κ1) is 8.74. The second kappa shape index (κ2) is 4.51. The van der Waals surface area contributed by atoms with E-state index in [1.165, 1.54) is 0 Å². The zero-order valence-corrected chi connectivity index (χ0v) is 8.04. The van der Waals surface area contributed by atoms with Gasteiger partial charge >= 0.3 is 0 Å². The van der Waals surface area contributed by atoms with Crippen LogP contribution in [0.3, 0.4) is 0 Å². The lowest BCUT2D eigenvalue weighted by molar-refractivity contribution is 0.136. The summed E-state index contributed by atoms with van der Waals surface area (Å²) in [6.07, 6.45) is 1.92. The second-order valence-corrected chi connectivity index (χ2v) is 2.91. The molecule has 0 aliphatic rings. The third-order valence-corrected chi connectivity index (χ3v) is 1.70. The van der Waals surface area contributed by atoms with Gasteiger partial charge < -0.3 is 4.74 Å². The zero-order chi connectivity index (χ0) is 8.10. The zero-order valence-electron chi connectivity index (χ0n) is 6.46. The third-order valence-electron chi connectivity index (χ3n) is 1.28. The predicted octanol–water partition coefficient (Wildman–Crippen LogP) is 1.68. The minimum absolute atomic E-state index is 0.727. The minimum atomic E-state index is 0.727. The summed E-state index contributed by atoms with van der Waals surface area (Å²) >= 11 is 3.27. The standard InChI is InChI=1S/C7H11BrN2O/c1-2-11-6-5-10-4-3-7(8)9-10/h3-4H,2,5-6H2,1H3. The van der Waals surface area contributed by atoms with E-state index in [1.807, 2.05) is 23.9 Å². The molecule has 0 spiro atoms. The van der Waals surface area contributed by atoms with E-state index in [9.17, 15) is 0 Å². The molecule has 0 bridgehead atoms. The van der Waals surface area contributed by atoms with Crippen LogP contribution in [0, 0.1) is 0 Å². The molecule has 1 aromatic rings. The van der Waals surface area contributed by atoms with Crippen LogP contribution < -0.4 is 0 Å². The molecule has 0 saturated carbocycles. The lowest BCUT2D eigenvalue weighted by Gasteiger charge is -2.00. The highest BCUT2D eigenvalue weighted by molar-refractivity contribution is 9.10. The summed E-state index contributed by atoms with van der Waals surface area (Å²) < 4.78 is 7.89. The molecule has 0 atom stereocenters. The van der Waals surface area contributed by atoms with Gasteiger partial charge in [0.15, 0.2) is 0 Å². The number of nitrogens with zero attached hydrogens (tertiary/aromatic N) is 2. The summed E-state index contributed by atoms with van der Waals surface area (Å²) in [5.74, 6) is 0. The summed E-state index contributed by atoms with van der Waals surface area (Å²) in [4.78, 5) is 0. The van der Waals surface area contributed by atoms with Gasteiger partial charge in [-0.05, 0) is 28.9 Å². The molecule has 4 heteroatoms. The molecule has 3 nitrogen and oxygen atoms in total. The average Bonchev–Trinajstić information content (AvgIpc) is 2.37. The normalized spacial score (nSPS) is 10.4. The van der Waals surface area contributed by atoms with Crippen molar-refractivity contribution in [1.82, 2.24) is 9.78 Å². The Morgan fingerprint density at radius 2 is 2.55 bits per heavy atom. The largest absolute Gasteiger partial charge is 0.380 e. The van der Waals surface area contributed by atoms with E-state index < -0.39 is 0 Å². The first-order valence-electron chi connectivity index (χ1n) is 3.59. The molecule has 0 aliphatic heterocycles. The SMILES string of the molecule is CCOCCn1ccc(Br)n1. The van der Waals surface area contributed by atoms with E-state index >= 15 is 0 Å². The molecule has 0 fully saturated rings. The van der Waals surface area contributed by atoms with Crippen molar-refractivity contribution in [2.24, 2.45) is 0 Å². The van der Waals surface area contributed by atoms with E-state index in [-0.39, 0.29) is 0 Å². The fourth-order valence-electron chi connectivity index (χ4n) is 0.764. The van der Waals surface area contributed by atoms with Crippen molar-refractivity contribution in [2.45, 2.75) is 13.5 Å². The molecule has 0 amide bonds. The number of halogens is 1. The van der Waals surface area contributed by atoms with Gasteiger partial charge in [0.2, 0.25) is 0 Å². The highest BCUT2D eigenvalue weighted by atomic mass is 79.9. The van der Waals surface area contributed by atoms with Crippen LogP contribution in [0.4, 0.5) is 0 Å². The molecule has 0 aliphatic carbocycles. The van der Waals surface area contributed by atoms with E-state index in [4.69, 9.17) is 4.74 Å². The molecule has 0 unspecified atom stereocenters. The summed E-state index contributed by atoms with van der Waals surface area (Å²) in [5, 5.41) is 4.14. The van der Waals surface area contributed by atoms with Gasteiger partial charge in [0.1, 0.15) is 4.60 Å². The van der Waals surface area contributed by atoms with Crippen LogP contribution in [0.2, 0.25) is 0 Å². The Morgan fingerprint density at radius 1 is 1.73 bits per heavy atom. The minimum Gasteiger partial charge on any atom is -0.380 e. The Bertz CT molecular complexity index is 212. The van der Waals surface area contributed by atoms with Gasteiger partial charge in [0.25, 0.3) is 0 Å². The smallest absolute Gasteiger partial charge is 0.128 e. The topological polar surface area (TPSA) is 27.1 Å². The molecule has 1 heterocycles. The maximum Gasteiger partial charge on any atom is 0.128 e. The fraction of sp³-hybridized carbons (Fsp3) is 0.571. The Kier molecular flexibility index (Phi) is 3.59. The average molecular weight is 219 g/mol. The Morgan fingerprint density at radius 3 is 3.09 bits per heavy atom. The molecule has 0 N–H and O–H groups in total. The van der Waals surface area contributed by atoms with Crippen molar-refractivity contribution in [1.29, 1.82) is 0 Å². The molecule has 0 aromatic carbocycles. The van der Waals surface area contributed by atoms with Gasteiger partial charge in [0.05, 0.1) is 13.2 Å². The summed E-state index contributed by atoms with van der Waals surface area (Å²) in [6.45, 7) is 4.30. The molecule has 1 aromatic heterocycles. The summed E-state index contributed by atoms with van der Waals surface area (Å²) in [6, 6.07) is 1.91. The van der Waals surface area contributed by atoms with Crippen LogP contribution in [0.1, 0.15) is 6.92 Å². The molecule has 62 valence electrons. The maximum absolute atomic E-state index is 5.17. The van der Waals surface area contributed by atoms with Crippen molar-refractivity contribution in [3.05, 3.63) is 16.9 Å². The number of rotatable bonds is 4. The maximum atomic E-state index is 5.17. The second-order valence-electron chi connectivity index (χ2n) is 2.10. The van der Waals surface area contributed by atoms with Gasteiger partial charge in [-0.2, -0.15) is 5.10 Å². The van der Waals surface area contributed by atoms with Gasteiger partial charge in [-0.1, -0.05) is 0 Å². The van der Waals surface area contributed by atoms with Crippen LogP contribution in [-0.4, -0.2) is 23.0 Å². The van der Waals surface area contributed by atoms with Gasteiger partial charge in [0, 0.05) is 12.8 Å². The van der Waals surface area contributed by atoms with Crippen LogP contribution >= 0.6 is 15.9 Å². The van der Waals surface area contributed by atoms with Crippen LogP contribution in [0.5, 0.6) is 0 Å². The first-order valence-corrected chi connectivity index (χ1v) is 4.39. The fourth-order valence-corrected chi connectivity index (χ4v) is 1.09. The van der Waals surface area contributed by atoms with Crippen molar-refractivity contribution < 1.29 is 4.74 Å². The molecule has 0 radical (unpaired) electrons. The summed E-state index contributed by atoms with van der Waals surface area (Å²) in [7, 11) is 0. The number of hydrogen-bond acceptors (Lipinski definition) is 2. The number of ether oxygens (including phenoxy) is 1. The molecular weight excluding hydrogens is 208 g/mol.